The lowest BCUT2D eigenvalue weighted by Crippen LogP contribution is -2.36. The molecule has 0 spiro atoms. The van der Waals surface area contributed by atoms with Crippen LogP contribution < -0.4 is 21.9 Å². The number of amides is 2. The fourth-order valence-electron chi connectivity index (χ4n) is 4.42. The van der Waals surface area contributed by atoms with Crippen molar-refractivity contribution >= 4 is 56.1 Å². The van der Waals surface area contributed by atoms with E-state index < -0.39 is 11.6 Å². The van der Waals surface area contributed by atoms with Gasteiger partial charge in [-0.3, -0.25) is 19.0 Å². The largest absolute Gasteiger partial charge is 0.384 e. The van der Waals surface area contributed by atoms with Crippen LogP contribution in [-0.2, 0) is 29.0 Å². The highest BCUT2D eigenvalue weighted by molar-refractivity contribution is 7.19. The maximum Gasteiger partial charge on any atom is 0.278 e. The van der Waals surface area contributed by atoms with Crippen molar-refractivity contribution in [1.29, 1.82) is 0 Å². The van der Waals surface area contributed by atoms with Crippen LogP contribution in [0.4, 0.5) is 11.5 Å². The van der Waals surface area contributed by atoms with Crippen LogP contribution in [0.5, 0.6) is 0 Å². The number of hydrogen-bond acceptors (Lipinski definition) is 10. The van der Waals surface area contributed by atoms with Crippen LogP contribution in [0, 0.1) is 0 Å². The molecule has 0 unspecified atom stereocenters. The smallest absolute Gasteiger partial charge is 0.278 e. The van der Waals surface area contributed by atoms with Crippen molar-refractivity contribution in [2.45, 2.75) is 57.0 Å². The van der Waals surface area contributed by atoms with Gasteiger partial charge in [0.1, 0.15) is 33.4 Å². The van der Waals surface area contributed by atoms with Crippen LogP contribution in [0.1, 0.15) is 58.4 Å². The van der Waals surface area contributed by atoms with Crippen LogP contribution >= 0.6 is 22.7 Å². The molecule has 11 nitrogen and oxygen atoms in total. The number of fused-ring (bicyclic) bond motifs is 2. The zero-order valence-corrected chi connectivity index (χ0v) is 21.4. The Hall–Kier alpha value is -3.71. The Labute approximate surface area is 219 Å². The van der Waals surface area contributed by atoms with Gasteiger partial charge < -0.3 is 16.4 Å². The number of carbonyl (C=O) groups excluding carboxylic acids is 2. The van der Waals surface area contributed by atoms with Gasteiger partial charge in [-0.2, -0.15) is 0 Å². The van der Waals surface area contributed by atoms with Gasteiger partial charge in [-0.05, 0) is 31.4 Å². The summed E-state index contributed by atoms with van der Waals surface area (Å²) in [5, 5.41) is 16.8. The number of aromatic nitrogens is 5. The number of hydrogen-bond donors (Lipinski definition) is 3. The first-order valence-corrected chi connectivity index (χ1v) is 13.7. The van der Waals surface area contributed by atoms with Gasteiger partial charge in [-0.15, -0.1) is 32.9 Å². The molecule has 0 radical (unpaired) electrons. The molecule has 1 saturated carbocycles. The number of nitrogens with zero attached hydrogens (tertiary/aromatic N) is 5. The van der Waals surface area contributed by atoms with Crippen molar-refractivity contribution in [3.05, 3.63) is 55.6 Å². The first-order chi connectivity index (χ1) is 17.9. The minimum absolute atomic E-state index is 0.0685. The van der Waals surface area contributed by atoms with Gasteiger partial charge in [0.15, 0.2) is 0 Å². The van der Waals surface area contributed by atoms with E-state index >= 15 is 0 Å². The number of aryl methyl sites for hydroxylation is 2. The Kier molecular flexibility index (Phi) is 6.16. The average molecular weight is 537 g/mol. The number of nitrogens with one attached hydrogen (secondary N) is 2. The third kappa shape index (κ3) is 4.96. The molecule has 1 aliphatic heterocycles. The summed E-state index contributed by atoms with van der Waals surface area (Å²) in [6.07, 6.45) is 7.01. The molecule has 2 aliphatic rings. The predicted molar refractivity (Wildman–Crippen MR) is 141 cm³/mol. The number of anilines is 2. The molecule has 4 aromatic rings. The van der Waals surface area contributed by atoms with E-state index in [1.165, 1.54) is 22.1 Å². The Morgan fingerprint density at radius 3 is 2.81 bits per heavy atom. The van der Waals surface area contributed by atoms with Crippen molar-refractivity contribution in [3.63, 3.8) is 0 Å². The lowest BCUT2D eigenvalue weighted by atomic mass is 10.2. The molecule has 0 saturated heterocycles. The summed E-state index contributed by atoms with van der Waals surface area (Å²) in [4.78, 5) is 48.1. The van der Waals surface area contributed by atoms with E-state index in [4.69, 9.17) is 5.73 Å². The molecule has 1 aliphatic carbocycles. The zero-order chi connectivity index (χ0) is 25.5. The van der Waals surface area contributed by atoms with E-state index in [9.17, 15) is 14.4 Å². The van der Waals surface area contributed by atoms with E-state index in [0.29, 0.717) is 43.4 Å². The first-order valence-electron chi connectivity index (χ1n) is 12.1. The molecule has 0 aromatic carbocycles. The van der Waals surface area contributed by atoms with Crippen LogP contribution in [0.15, 0.2) is 29.3 Å². The van der Waals surface area contributed by atoms with E-state index in [1.54, 1.807) is 23.6 Å². The lowest BCUT2D eigenvalue weighted by Gasteiger charge is -2.15. The summed E-state index contributed by atoms with van der Waals surface area (Å²) in [5.74, 6) is 0.952. The van der Waals surface area contributed by atoms with Gasteiger partial charge in [0.2, 0.25) is 11.8 Å². The summed E-state index contributed by atoms with van der Waals surface area (Å²) < 4.78 is 2.39. The standard InChI is InChI=1S/C24H24N8O3S2/c25-18-8-17-13(9-26-18)7-14(36-17)10-28-22(34)16-3-4-19-27-11-15(24(35)32(16)19)29-20(33)5-6-21-30-31-23(37-21)12-1-2-12/h7-9,11-12,16H,1-6,10H2,(H2,25,26)(H,28,34)(H,29,33)/t16-/m0/s1. The quantitative estimate of drug-likeness (QED) is 0.310. The van der Waals surface area contributed by atoms with Crippen LogP contribution in [0.25, 0.3) is 10.1 Å². The fourth-order valence-corrected chi connectivity index (χ4v) is 6.45. The van der Waals surface area contributed by atoms with Gasteiger partial charge in [-0.1, -0.05) is 0 Å². The van der Waals surface area contributed by atoms with Crippen LogP contribution in [0.3, 0.4) is 0 Å². The van der Waals surface area contributed by atoms with Gasteiger partial charge in [0, 0.05) is 46.3 Å². The van der Waals surface area contributed by atoms with Crippen molar-refractivity contribution < 1.29 is 9.59 Å². The molecular weight excluding hydrogens is 512 g/mol. The van der Waals surface area contributed by atoms with E-state index in [0.717, 1.165) is 37.8 Å². The molecule has 5 heterocycles. The number of pyridine rings is 1. The summed E-state index contributed by atoms with van der Waals surface area (Å²) >= 11 is 3.08. The minimum atomic E-state index is -0.680. The van der Waals surface area contributed by atoms with Crippen LogP contribution in [0.2, 0.25) is 0 Å². The lowest BCUT2D eigenvalue weighted by molar-refractivity contribution is -0.124. The van der Waals surface area contributed by atoms with Crippen molar-refractivity contribution in [1.82, 2.24) is 30.0 Å². The Morgan fingerprint density at radius 1 is 1.11 bits per heavy atom. The molecule has 4 N–H and O–H groups in total. The topological polar surface area (TPSA) is 158 Å². The number of nitrogens with two attached hydrogens (primary N) is 1. The highest BCUT2D eigenvalue weighted by atomic mass is 32.1. The maximum atomic E-state index is 13.2. The van der Waals surface area contributed by atoms with Crippen molar-refractivity contribution in [2.75, 3.05) is 11.1 Å². The average Bonchev–Trinajstić information content (AvgIpc) is 3.28. The van der Waals surface area contributed by atoms with Gasteiger partial charge in [0.25, 0.3) is 5.56 Å². The zero-order valence-electron chi connectivity index (χ0n) is 19.8. The van der Waals surface area contributed by atoms with E-state index in [1.807, 2.05) is 6.07 Å². The number of rotatable bonds is 8. The molecule has 6 rings (SSSR count). The second kappa shape index (κ2) is 9.63. The number of carbonyl (C=O) groups is 2. The summed E-state index contributed by atoms with van der Waals surface area (Å²) in [7, 11) is 0. The molecule has 13 heteroatoms. The first kappa shape index (κ1) is 23.7. The Morgan fingerprint density at radius 2 is 1.97 bits per heavy atom. The third-order valence-electron chi connectivity index (χ3n) is 6.49. The molecule has 4 aromatic heterocycles. The highest BCUT2D eigenvalue weighted by Crippen LogP contribution is 2.41. The normalized spacial score (nSPS) is 16.6. The third-order valence-corrected chi connectivity index (χ3v) is 8.73. The second-order valence-corrected chi connectivity index (χ2v) is 11.5. The van der Waals surface area contributed by atoms with E-state index in [2.05, 4.69) is 30.8 Å². The number of nitrogen functional groups attached to an aromatic ring is 1. The predicted octanol–water partition coefficient (Wildman–Crippen LogP) is 2.54. The summed E-state index contributed by atoms with van der Waals surface area (Å²) in [6, 6.07) is 3.09. The summed E-state index contributed by atoms with van der Waals surface area (Å²) in [6.45, 7) is 0.330. The molecule has 1 fully saturated rings. The second-order valence-electron chi connectivity index (χ2n) is 9.25. The molecular formula is C24H24N8O3S2. The van der Waals surface area contributed by atoms with Crippen molar-refractivity contribution in [3.8, 4) is 0 Å². The molecule has 2 amide bonds. The summed E-state index contributed by atoms with van der Waals surface area (Å²) in [5.41, 5.74) is 5.40. The fraction of sp³-hybridized carbons (Fsp3) is 0.375. The maximum absolute atomic E-state index is 13.2. The van der Waals surface area contributed by atoms with Gasteiger partial charge in [0.05, 0.1) is 12.7 Å². The van der Waals surface area contributed by atoms with Gasteiger partial charge >= 0.3 is 0 Å². The SMILES string of the molecule is Nc1cc2sc(CNC(=O)[C@@H]3CCc4ncc(NC(=O)CCc5nnc(C6CC6)s5)c(=O)n43)cc2cn1. The Balaban J connectivity index is 1.09. The molecule has 190 valence electrons. The molecule has 37 heavy (non-hydrogen) atoms. The Bertz CT molecular complexity index is 1570. The minimum Gasteiger partial charge on any atom is -0.384 e. The monoisotopic (exact) mass is 536 g/mol. The molecule has 0 bridgehead atoms. The van der Waals surface area contributed by atoms with Gasteiger partial charge in [-0.25, -0.2) is 9.97 Å². The highest BCUT2D eigenvalue weighted by Gasteiger charge is 2.31. The van der Waals surface area contributed by atoms with E-state index in [-0.39, 0.29) is 23.9 Å². The van der Waals surface area contributed by atoms with Crippen molar-refractivity contribution in [2.24, 2.45) is 0 Å². The van der Waals surface area contributed by atoms with Crippen LogP contribution in [-0.4, -0.2) is 36.5 Å². The molecule has 1 atom stereocenters. The number of thiophene rings is 1.